The summed E-state index contributed by atoms with van der Waals surface area (Å²) >= 11 is 0. The van der Waals surface area contributed by atoms with Gasteiger partial charge >= 0.3 is 0 Å². The van der Waals surface area contributed by atoms with Crippen LogP contribution < -0.4 is 14.9 Å². The SMILES string of the molecule is CCCCCCOc1ccc(C2c3c(oc4cc(C)cc(C)c4c3=O)C(=O)N2Cc2cccnc2)cc1OC. The van der Waals surface area contributed by atoms with Crippen molar-refractivity contribution >= 4 is 16.9 Å². The van der Waals surface area contributed by atoms with Crippen molar-refractivity contribution in [2.45, 2.75) is 59.0 Å². The quantitative estimate of drug-likeness (QED) is 0.219. The number of rotatable bonds is 10. The summed E-state index contributed by atoms with van der Waals surface area (Å²) in [4.78, 5) is 33.7. The van der Waals surface area contributed by atoms with Gasteiger partial charge in [0.25, 0.3) is 5.91 Å². The van der Waals surface area contributed by atoms with Crippen molar-refractivity contribution in [3.63, 3.8) is 0 Å². The topological polar surface area (TPSA) is 81.9 Å². The summed E-state index contributed by atoms with van der Waals surface area (Å²) in [6.07, 6.45) is 7.84. The number of benzene rings is 2. The maximum absolute atomic E-state index is 14.0. The molecule has 7 heteroatoms. The summed E-state index contributed by atoms with van der Waals surface area (Å²) in [6.45, 7) is 6.89. The van der Waals surface area contributed by atoms with Crippen molar-refractivity contribution < 1.29 is 18.7 Å². The fraction of sp³-hybridized carbons (Fsp3) is 0.344. The summed E-state index contributed by atoms with van der Waals surface area (Å²) in [6, 6.07) is 12.5. The predicted octanol–water partition coefficient (Wildman–Crippen LogP) is 6.52. The van der Waals surface area contributed by atoms with E-state index in [1.807, 2.05) is 56.3 Å². The van der Waals surface area contributed by atoms with Crippen LogP contribution in [-0.2, 0) is 6.54 Å². The van der Waals surface area contributed by atoms with Crippen LogP contribution in [0, 0.1) is 13.8 Å². The van der Waals surface area contributed by atoms with Crippen LogP contribution >= 0.6 is 0 Å². The van der Waals surface area contributed by atoms with Crippen LogP contribution in [0.3, 0.4) is 0 Å². The van der Waals surface area contributed by atoms with E-state index in [9.17, 15) is 9.59 Å². The lowest BCUT2D eigenvalue weighted by Crippen LogP contribution is -2.29. The maximum atomic E-state index is 14.0. The Morgan fingerprint density at radius 3 is 2.62 bits per heavy atom. The van der Waals surface area contributed by atoms with Crippen molar-refractivity contribution in [2.24, 2.45) is 0 Å². The predicted molar refractivity (Wildman–Crippen MR) is 151 cm³/mol. The molecule has 1 unspecified atom stereocenters. The molecule has 0 N–H and O–H groups in total. The Morgan fingerprint density at radius 1 is 1.03 bits per heavy atom. The number of aryl methyl sites for hydroxylation is 2. The average molecular weight is 527 g/mol. The highest BCUT2D eigenvalue weighted by Crippen LogP contribution is 2.42. The Bertz CT molecular complexity index is 1560. The summed E-state index contributed by atoms with van der Waals surface area (Å²) < 4.78 is 17.9. The fourth-order valence-corrected chi connectivity index (χ4v) is 5.40. The molecule has 2 aromatic carbocycles. The number of fused-ring (bicyclic) bond motifs is 2. The van der Waals surface area contributed by atoms with Crippen molar-refractivity contribution in [3.05, 3.63) is 98.7 Å². The van der Waals surface area contributed by atoms with Crippen molar-refractivity contribution in [3.8, 4) is 11.5 Å². The third kappa shape index (κ3) is 5.13. The van der Waals surface area contributed by atoms with E-state index >= 15 is 0 Å². The molecule has 39 heavy (non-hydrogen) atoms. The molecule has 0 bridgehead atoms. The number of nitrogens with zero attached hydrogens (tertiary/aromatic N) is 2. The van der Waals surface area contributed by atoms with Gasteiger partial charge in [0.2, 0.25) is 5.76 Å². The molecule has 1 amide bonds. The average Bonchev–Trinajstić information content (AvgIpc) is 3.20. The lowest BCUT2D eigenvalue weighted by atomic mass is 9.96. The number of pyridine rings is 1. The third-order valence-corrected chi connectivity index (χ3v) is 7.25. The smallest absolute Gasteiger partial charge is 0.291 e. The van der Waals surface area contributed by atoms with Gasteiger partial charge in [0.1, 0.15) is 5.58 Å². The van der Waals surface area contributed by atoms with E-state index in [2.05, 4.69) is 11.9 Å². The molecule has 0 saturated carbocycles. The lowest BCUT2D eigenvalue weighted by Gasteiger charge is -2.26. The van der Waals surface area contributed by atoms with Gasteiger partial charge in [0.05, 0.1) is 30.7 Å². The Morgan fingerprint density at radius 2 is 1.87 bits per heavy atom. The second-order valence-electron chi connectivity index (χ2n) is 10.1. The fourth-order valence-electron chi connectivity index (χ4n) is 5.40. The summed E-state index contributed by atoms with van der Waals surface area (Å²) in [7, 11) is 1.60. The molecule has 0 aliphatic carbocycles. The molecule has 0 fully saturated rings. The van der Waals surface area contributed by atoms with Crippen LogP contribution in [0.1, 0.15) is 77.0 Å². The summed E-state index contributed by atoms with van der Waals surface area (Å²) in [5.74, 6) is 0.953. The molecule has 0 spiro atoms. The first-order valence-electron chi connectivity index (χ1n) is 13.5. The first kappa shape index (κ1) is 26.5. The number of hydrogen-bond donors (Lipinski definition) is 0. The second-order valence-corrected chi connectivity index (χ2v) is 10.1. The van der Waals surface area contributed by atoms with E-state index in [-0.39, 0.29) is 23.6 Å². The molecule has 4 aromatic rings. The van der Waals surface area contributed by atoms with Gasteiger partial charge < -0.3 is 18.8 Å². The maximum Gasteiger partial charge on any atom is 0.291 e. The molecule has 2 aromatic heterocycles. The molecule has 1 aliphatic heterocycles. The molecular formula is C32H34N2O5. The van der Waals surface area contributed by atoms with Gasteiger partial charge in [0, 0.05) is 18.9 Å². The highest BCUT2D eigenvalue weighted by atomic mass is 16.5. The van der Waals surface area contributed by atoms with E-state index in [0.717, 1.165) is 41.5 Å². The molecule has 5 rings (SSSR count). The molecule has 202 valence electrons. The largest absolute Gasteiger partial charge is 0.493 e. The number of carbonyl (C=O) groups is 1. The number of hydrogen-bond acceptors (Lipinski definition) is 6. The van der Waals surface area contributed by atoms with E-state index in [0.29, 0.717) is 34.6 Å². The number of carbonyl (C=O) groups excluding carboxylic acids is 1. The Kier molecular flexibility index (Phi) is 7.68. The Labute approximate surface area is 228 Å². The van der Waals surface area contributed by atoms with Crippen LogP contribution in [0.25, 0.3) is 11.0 Å². The third-order valence-electron chi connectivity index (χ3n) is 7.25. The first-order chi connectivity index (χ1) is 18.9. The van der Waals surface area contributed by atoms with Crippen LogP contribution in [0.15, 0.2) is 64.1 Å². The molecular weight excluding hydrogens is 492 g/mol. The minimum absolute atomic E-state index is 0.0848. The molecule has 0 radical (unpaired) electrons. The van der Waals surface area contributed by atoms with Gasteiger partial charge in [-0.3, -0.25) is 14.6 Å². The first-order valence-corrected chi connectivity index (χ1v) is 13.5. The lowest BCUT2D eigenvalue weighted by molar-refractivity contribution is 0.0714. The Hall–Kier alpha value is -4.13. The minimum Gasteiger partial charge on any atom is -0.493 e. The van der Waals surface area contributed by atoms with Crippen LogP contribution in [-0.4, -0.2) is 29.5 Å². The monoisotopic (exact) mass is 526 g/mol. The van der Waals surface area contributed by atoms with Crippen molar-refractivity contribution in [1.29, 1.82) is 0 Å². The van der Waals surface area contributed by atoms with Crippen LogP contribution in [0.2, 0.25) is 0 Å². The zero-order valence-electron chi connectivity index (χ0n) is 23.0. The van der Waals surface area contributed by atoms with Gasteiger partial charge in [-0.1, -0.05) is 44.4 Å². The van der Waals surface area contributed by atoms with Crippen LogP contribution in [0.5, 0.6) is 11.5 Å². The molecule has 0 saturated heterocycles. The number of methoxy groups -OCH3 is 1. The highest BCUT2D eigenvalue weighted by Gasteiger charge is 2.43. The second kappa shape index (κ2) is 11.3. The Balaban J connectivity index is 1.61. The molecule has 1 aliphatic rings. The summed E-state index contributed by atoms with van der Waals surface area (Å²) in [5.41, 5.74) is 3.97. The zero-order valence-corrected chi connectivity index (χ0v) is 23.0. The molecule has 7 nitrogen and oxygen atoms in total. The van der Waals surface area contributed by atoms with E-state index in [1.165, 1.54) is 6.42 Å². The highest BCUT2D eigenvalue weighted by molar-refractivity contribution is 5.99. The van der Waals surface area contributed by atoms with Gasteiger partial charge in [-0.15, -0.1) is 0 Å². The number of ether oxygens (including phenoxy) is 2. The van der Waals surface area contributed by atoms with E-state index in [4.69, 9.17) is 13.9 Å². The molecule has 1 atom stereocenters. The van der Waals surface area contributed by atoms with Gasteiger partial charge in [-0.2, -0.15) is 0 Å². The summed E-state index contributed by atoms with van der Waals surface area (Å²) in [5, 5.41) is 0.499. The van der Waals surface area contributed by atoms with Crippen molar-refractivity contribution in [1.82, 2.24) is 9.88 Å². The van der Waals surface area contributed by atoms with E-state index < -0.39 is 6.04 Å². The van der Waals surface area contributed by atoms with Crippen molar-refractivity contribution in [2.75, 3.05) is 13.7 Å². The minimum atomic E-state index is -0.651. The molecule has 3 heterocycles. The number of aromatic nitrogens is 1. The zero-order chi connectivity index (χ0) is 27.5. The number of amides is 1. The van der Waals surface area contributed by atoms with Crippen LogP contribution in [0.4, 0.5) is 0 Å². The van der Waals surface area contributed by atoms with Gasteiger partial charge in [-0.25, -0.2) is 0 Å². The van der Waals surface area contributed by atoms with E-state index in [1.54, 1.807) is 24.4 Å². The van der Waals surface area contributed by atoms with Gasteiger partial charge in [-0.05, 0) is 66.8 Å². The van der Waals surface area contributed by atoms with Gasteiger partial charge in [0.15, 0.2) is 16.9 Å². The standard InChI is InChI=1S/C32H34N2O5/c1-5-6-7-8-14-38-24-12-11-23(17-25(24)37-4)29-28-30(35)27-21(3)15-20(2)16-26(27)39-31(28)32(36)34(29)19-22-10-9-13-33-18-22/h9-13,15-18,29H,5-8,14,19H2,1-4H3. The normalized spacial score (nSPS) is 14.6. The number of unbranched alkanes of at least 4 members (excludes halogenated alkanes) is 3.